The molecule has 0 spiro atoms. The summed E-state index contributed by atoms with van der Waals surface area (Å²) in [7, 11) is 1.67. The minimum absolute atomic E-state index is 0.0425. The van der Waals surface area contributed by atoms with Gasteiger partial charge in [0.15, 0.2) is 0 Å². The van der Waals surface area contributed by atoms with Crippen molar-refractivity contribution in [3.63, 3.8) is 0 Å². The molecule has 0 aliphatic heterocycles. The van der Waals surface area contributed by atoms with E-state index in [2.05, 4.69) is 29.8 Å². The number of rotatable bonds is 4. The second-order valence-corrected chi connectivity index (χ2v) is 5.72. The van der Waals surface area contributed by atoms with Gasteiger partial charge in [-0.15, -0.1) is 0 Å². The summed E-state index contributed by atoms with van der Waals surface area (Å²) in [6.07, 6.45) is -0.483. The highest BCUT2D eigenvalue weighted by Gasteiger charge is 2.16. The molecule has 0 aliphatic rings. The van der Waals surface area contributed by atoms with Gasteiger partial charge in [-0.25, -0.2) is 0 Å². The van der Waals surface area contributed by atoms with Gasteiger partial charge in [0.1, 0.15) is 5.75 Å². The van der Waals surface area contributed by atoms with Crippen LogP contribution in [0.15, 0.2) is 18.2 Å². The summed E-state index contributed by atoms with van der Waals surface area (Å²) in [6.45, 7) is 6.17. The van der Waals surface area contributed by atoms with Crippen LogP contribution in [0, 0.1) is 0 Å². The molecule has 1 N–H and O–H groups in total. The molecule has 0 saturated carbocycles. The second kappa shape index (κ2) is 5.69. The third-order valence-corrected chi connectivity index (χ3v) is 3.15. The molecule has 0 amide bonds. The van der Waals surface area contributed by atoms with Gasteiger partial charge in [0.05, 0.1) is 13.2 Å². The van der Waals surface area contributed by atoms with E-state index >= 15 is 0 Å². The average molecular weight is 287 g/mol. The standard InChI is InChI=1S/C13H19BrO2/c1-8(2)11-7-10(13(15)9(3)14)5-6-12(11)16-4/h5-9,13,15H,1-4H3. The Kier molecular flexibility index (Phi) is 4.81. The molecule has 16 heavy (non-hydrogen) atoms. The maximum Gasteiger partial charge on any atom is 0.122 e. The van der Waals surface area contributed by atoms with E-state index in [4.69, 9.17) is 4.74 Å². The molecule has 2 nitrogen and oxygen atoms in total. The molecule has 0 saturated heterocycles. The lowest BCUT2D eigenvalue weighted by atomic mass is 9.97. The Hall–Kier alpha value is -0.540. The second-order valence-electron chi connectivity index (χ2n) is 4.28. The Morgan fingerprint density at radius 2 is 1.88 bits per heavy atom. The first-order valence-corrected chi connectivity index (χ1v) is 6.39. The van der Waals surface area contributed by atoms with Gasteiger partial charge in [0.25, 0.3) is 0 Å². The Bertz CT molecular complexity index is 348. The van der Waals surface area contributed by atoms with Crippen LogP contribution in [0.2, 0.25) is 0 Å². The van der Waals surface area contributed by atoms with E-state index in [1.165, 1.54) is 0 Å². The summed E-state index contributed by atoms with van der Waals surface area (Å²) < 4.78 is 5.31. The van der Waals surface area contributed by atoms with E-state index in [1.807, 2.05) is 25.1 Å². The predicted octanol–water partition coefficient (Wildman–Crippen LogP) is 3.64. The first-order valence-electron chi connectivity index (χ1n) is 5.47. The first kappa shape index (κ1) is 13.5. The Labute approximate surface area is 106 Å². The Balaban J connectivity index is 3.11. The molecule has 1 rings (SSSR count). The van der Waals surface area contributed by atoms with Gasteiger partial charge in [0, 0.05) is 4.83 Å². The van der Waals surface area contributed by atoms with E-state index in [1.54, 1.807) is 7.11 Å². The number of hydrogen-bond acceptors (Lipinski definition) is 2. The van der Waals surface area contributed by atoms with Gasteiger partial charge in [-0.3, -0.25) is 0 Å². The number of alkyl halides is 1. The molecule has 1 aromatic carbocycles. The van der Waals surface area contributed by atoms with E-state index in [9.17, 15) is 5.11 Å². The molecule has 0 heterocycles. The first-order chi connectivity index (χ1) is 7.47. The predicted molar refractivity (Wildman–Crippen MR) is 70.4 cm³/mol. The molecule has 0 fully saturated rings. The van der Waals surface area contributed by atoms with E-state index in [-0.39, 0.29) is 4.83 Å². The molecule has 2 atom stereocenters. The third kappa shape index (κ3) is 2.98. The number of aliphatic hydroxyl groups is 1. The van der Waals surface area contributed by atoms with Crippen LogP contribution in [0.1, 0.15) is 43.9 Å². The van der Waals surface area contributed by atoms with Gasteiger partial charge in [0.2, 0.25) is 0 Å². The quantitative estimate of drug-likeness (QED) is 0.857. The highest BCUT2D eigenvalue weighted by atomic mass is 79.9. The highest BCUT2D eigenvalue weighted by molar-refractivity contribution is 9.09. The number of benzene rings is 1. The lowest BCUT2D eigenvalue weighted by Crippen LogP contribution is -2.08. The SMILES string of the molecule is COc1ccc(C(O)C(C)Br)cc1C(C)C. The summed E-state index contributed by atoms with van der Waals surface area (Å²) in [5.74, 6) is 1.26. The van der Waals surface area contributed by atoms with Gasteiger partial charge >= 0.3 is 0 Å². The lowest BCUT2D eigenvalue weighted by Gasteiger charge is -2.18. The van der Waals surface area contributed by atoms with Crippen LogP contribution >= 0.6 is 15.9 Å². The van der Waals surface area contributed by atoms with Crippen molar-refractivity contribution >= 4 is 15.9 Å². The third-order valence-electron chi connectivity index (χ3n) is 2.65. The number of ether oxygens (including phenoxy) is 1. The molecule has 0 aliphatic carbocycles. The minimum atomic E-state index is -0.483. The summed E-state index contributed by atoms with van der Waals surface area (Å²) in [5.41, 5.74) is 2.06. The van der Waals surface area contributed by atoms with Crippen LogP contribution in [0.4, 0.5) is 0 Å². The number of methoxy groups -OCH3 is 1. The monoisotopic (exact) mass is 286 g/mol. The van der Waals surface area contributed by atoms with Crippen molar-refractivity contribution in [3.05, 3.63) is 29.3 Å². The molecule has 0 radical (unpaired) electrons. The van der Waals surface area contributed by atoms with Crippen molar-refractivity contribution in [2.75, 3.05) is 7.11 Å². The van der Waals surface area contributed by atoms with E-state index < -0.39 is 6.10 Å². The molecule has 0 bridgehead atoms. The summed E-state index contributed by atoms with van der Waals surface area (Å²) in [6, 6.07) is 5.85. The van der Waals surface area contributed by atoms with Crippen molar-refractivity contribution < 1.29 is 9.84 Å². The zero-order valence-corrected chi connectivity index (χ0v) is 11.8. The maximum atomic E-state index is 9.98. The minimum Gasteiger partial charge on any atom is -0.496 e. The van der Waals surface area contributed by atoms with Crippen LogP contribution < -0.4 is 4.74 Å². The smallest absolute Gasteiger partial charge is 0.122 e. The topological polar surface area (TPSA) is 29.5 Å². The Morgan fingerprint density at radius 3 is 2.31 bits per heavy atom. The fraction of sp³-hybridized carbons (Fsp3) is 0.538. The van der Waals surface area contributed by atoms with Crippen LogP contribution in [0.3, 0.4) is 0 Å². The summed E-state index contributed by atoms with van der Waals surface area (Å²) in [5, 5.41) is 9.98. The largest absolute Gasteiger partial charge is 0.496 e. The Morgan fingerprint density at radius 1 is 1.25 bits per heavy atom. The van der Waals surface area contributed by atoms with Crippen molar-refractivity contribution in [2.45, 2.75) is 37.6 Å². The van der Waals surface area contributed by atoms with Crippen molar-refractivity contribution in [3.8, 4) is 5.75 Å². The van der Waals surface area contributed by atoms with Crippen LogP contribution in [-0.4, -0.2) is 17.0 Å². The number of aliphatic hydroxyl groups excluding tert-OH is 1. The lowest BCUT2D eigenvalue weighted by molar-refractivity contribution is 0.181. The van der Waals surface area contributed by atoms with E-state index in [0.29, 0.717) is 5.92 Å². The molecular weight excluding hydrogens is 268 g/mol. The van der Waals surface area contributed by atoms with Crippen LogP contribution in [0.5, 0.6) is 5.75 Å². The zero-order chi connectivity index (χ0) is 12.3. The normalized spacial score (nSPS) is 14.9. The molecule has 0 aromatic heterocycles. The van der Waals surface area contributed by atoms with Gasteiger partial charge in [-0.05, 0) is 36.1 Å². The van der Waals surface area contributed by atoms with Crippen LogP contribution in [-0.2, 0) is 0 Å². The molecule has 1 aromatic rings. The highest BCUT2D eigenvalue weighted by Crippen LogP contribution is 2.31. The summed E-state index contributed by atoms with van der Waals surface area (Å²) >= 11 is 3.39. The fourth-order valence-corrected chi connectivity index (χ4v) is 1.96. The molecule has 3 heteroatoms. The van der Waals surface area contributed by atoms with Crippen LogP contribution in [0.25, 0.3) is 0 Å². The number of hydrogen-bond donors (Lipinski definition) is 1. The van der Waals surface area contributed by atoms with Gasteiger partial charge in [-0.1, -0.05) is 35.8 Å². The van der Waals surface area contributed by atoms with Crippen molar-refractivity contribution in [2.24, 2.45) is 0 Å². The zero-order valence-electron chi connectivity index (χ0n) is 10.2. The summed E-state index contributed by atoms with van der Waals surface area (Å²) in [4.78, 5) is 0.0425. The molecular formula is C13H19BrO2. The van der Waals surface area contributed by atoms with Gasteiger partial charge < -0.3 is 9.84 Å². The molecule has 2 unspecified atom stereocenters. The van der Waals surface area contributed by atoms with Crippen molar-refractivity contribution in [1.82, 2.24) is 0 Å². The molecule has 90 valence electrons. The maximum absolute atomic E-state index is 9.98. The number of halogens is 1. The van der Waals surface area contributed by atoms with Crippen molar-refractivity contribution in [1.29, 1.82) is 0 Å². The average Bonchev–Trinajstić information content (AvgIpc) is 2.26. The van der Waals surface area contributed by atoms with Gasteiger partial charge in [-0.2, -0.15) is 0 Å². The van der Waals surface area contributed by atoms with E-state index in [0.717, 1.165) is 16.9 Å². The fourth-order valence-electron chi connectivity index (χ4n) is 1.65.